The largest absolute Gasteiger partial charge is 0.489 e. The number of nitrogens with zero attached hydrogens (tertiary/aromatic N) is 1. The molecule has 2 atom stereocenters. The lowest BCUT2D eigenvalue weighted by molar-refractivity contribution is -0.141. The van der Waals surface area contributed by atoms with E-state index in [0.717, 1.165) is 32.2 Å². The zero-order chi connectivity index (χ0) is 17.7. The molecule has 0 aliphatic carbocycles. The maximum Gasteiger partial charge on any atom is 0.489 e. The summed E-state index contributed by atoms with van der Waals surface area (Å²) in [6, 6.07) is 4.61. The number of hydrogen-bond acceptors (Lipinski definition) is 5. The second kappa shape index (κ2) is 8.30. The zero-order valence-corrected chi connectivity index (χ0v) is 14.1. The lowest BCUT2D eigenvalue weighted by atomic mass is 9.77. The Kier molecular flexibility index (Phi) is 6.40. The van der Waals surface area contributed by atoms with Crippen LogP contribution in [-0.4, -0.2) is 53.0 Å². The van der Waals surface area contributed by atoms with Crippen LogP contribution in [0.2, 0.25) is 0 Å². The van der Waals surface area contributed by atoms with Crippen LogP contribution >= 0.6 is 0 Å². The lowest BCUT2D eigenvalue weighted by Crippen LogP contribution is -2.48. The molecule has 6 nitrogen and oxygen atoms in total. The number of hydrogen-bond donors (Lipinski definition) is 2. The maximum atomic E-state index is 12.7. The first-order valence-electron chi connectivity index (χ1n) is 8.40. The highest BCUT2D eigenvalue weighted by Gasteiger charge is 2.29. The summed E-state index contributed by atoms with van der Waals surface area (Å²) in [6.07, 6.45) is 3.97. The minimum atomic E-state index is -1.73. The van der Waals surface area contributed by atoms with Gasteiger partial charge in [-0.05, 0) is 50.2 Å². The summed E-state index contributed by atoms with van der Waals surface area (Å²) in [7, 11) is -1.73. The van der Waals surface area contributed by atoms with Gasteiger partial charge in [-0.2, -0.15) is 0 Å². The van der Waals surface area contributed by atoms with Crippen molar-refractivity contribution in [3.63, 3.8) is 0 Å². The first-order valence-corrected chi connectivity index (χ1v) is 8.40. The predicted molar refractivity (Wildman–Crippen MR) is 91.4 cm³/mol. The number of amides is 1. The Morgan fingerprint density at radius 2 is 2.21 bits per heavy atom. The summed E-state index contributed by atoms with van der Waals surface area (Å²) in [6.45, 7) is 4.52. The third-order valence-corrected chi connectivity index (χ3v) is 4.51. The lowest BCUT2D eigenvalue weighted by Gasteiger charge is -2.36. The fourth-order valence-electron chi connectivity index (χ4n) is 3.17. The minimum Gasteiger partial charge on any atom is -0.481 e. The average Bonchev–Trinajstić information content (AvgIpc) is 2.60. The van der Waals surface area contributed by atoms with Crippen molar-refractivity contribution in [2.24, 2.45) is 0 Å². The molecule has 130 valence electrons. The highest BCUT2D eigenvalue weighted by molar-refractivity contribution is 6.60. The Hall–Kier alpha value is -1.86. The molecule has 1 saturated heterocycles. The van der Waals surface area contributed by atoms with E-state index in [9.17, 15) is 19.6 Å². The van der Waals surface area contributed by atoms with Gasteiger partial charge < -0.3 is 19.7 Å². The van der Waals surface area contributed by atoms with Crippen LogP contribution in [0.5, 0.6) is 5.75 Å². The molecule has 1 heterocycles. The number of piperidine rings is 1. The van der Waals surface area contributed by atoms with Crippen LogP contribution < -0.4 is 10.2 Å². The molecule has 0 radical (unpaired) electrons. The monoisotopic (exact) mass is 333 g/mol. The van der Waals surface area contributed by atoms with E-state index < -0.39 is 13.2 Å². The summed E-state index contributed by atoms with van der Waals surface area (Å²) in [5.41, 5.74) is 0.241. The Bertz CT molecular complexity index is 592. The van der Waals surface area contributed by atoms with Gasteiger partial charge in [0.1, 0.15) is 12.0 Å². The Morgan fingerprint density at radius 3 is 2.83 bits per heavy atom. The molecule has 0 aromatic heterocycles. The average molecular weight is 333 g/mol. The van der Waals surface area contributed by atoms with E-state index in [1.165, 1.54) is 18.2 Å². The van der Waals surface area contributed by atoms with Gasteiger partial charge in [0, 0.05) is 18.2 Å². The third-order valence-electron chi connectivity index (χ3n) is 4.51. The van der Waals surface area contributed by atoms with Crippen LogP contribution in [-0.2, 0) is 4.79 Å². The molecular weight excluding hydrogens is 309 g/mol. The second-order valence-corrected chi connectivity index (χ2v) is 6.13. The molecule has 2 unspecified atom stereocenters. The van der Waals surface area contributed by atoms with Crippen molar-refractivity contribution in [2.75, 3.05) is 6.54 Å². The number of carbonyl (C=O) groups is 2. The molecule has 1 amide bonds. The molecule has 7 heteroatoms. The first kappa shape index (κ1) is 18.5. The highest BCUT2D eigenvalue weighted by Crippen LogP contribution is 2.22. The zero-order valence-electron chi connectivity index (χ0n) is 14.1. The van der Waals surface area contributed by atoms with E-state index in [-0.39, 0.29) is 23.0 Å². The topological polar surface area (TPSA) is 87.1 Å². The summed E-state index contributed by atoms with van der Waals surface area (Å²) in [5.74, 6) is 0.299. The molecule has 1 aliphatic rings. The van der Waals surface area contributed by atoms with Gasteiger partial charge in [-0.1, -0.05) is 13.0 Å². The van der Waals surface area contributed by atoms with Crippen LogP contribution in [0.25, 0.3) is 0 Å². The van der Waals surface area contributed by atoms with E-state index in [1.807, 2.05) is 4.90 Å². The van der Waals surface area contributed by atoms with Crippen molar-refractivity contribution >= 4 is 24.8 Å². The normalized spacial score (nSPS) is 18.8. The summed E-state index contributed by atoms with van der Waals surface area (Å²) in [4.78, 5) is 25.6. The Balaban J connectivity index is 2.09. The number of carbonyl (C=O) groups excluding carboxylic acids is 2. The SMILES string of the molecule is CCC1CCCCN1C(=O)C(C)Oc1ccc(B(O)O)c(C=O)c1. The summed E-state index contributed by atoms with van der Waals surface area (Å²) < 4.78 is 5.69. The standard InChI is InChI=1S/C17H24BNO5/c1-3-14-6-4-5-9-19(14)17(21)12(2)24-15-7-8-16(18(22)23)13(10-15)11-20/h7-8,10-12,14,22-23H,3-6,9H2,1-2H3. The van der Waals surface area contributed by atoms with E-state index in [4.69, 9.17) is 4.74 Å². The molecule has 0 saturated carbocycles. The first-order chi connectivity index (χ1) is 11.5. The van der Waals surface area contributed by atoms with Gasteiger partial charge in [0.05, 0.1) is 0 Å². The van der Waals surface area contributed by atoms with Crippen LogP contribution in [0.4, 0.5) is 0 Å². The van der Waals surface area contributed by atoms with Crippen LogP contribution in [0.1, 0.15) is 49.9 Å². The fraction of sp³-hybridized carbons (Fsp3) is 0.529. The van der Waals surface area contributed by atoms with E-state index >= 15 is 0 Å². The number of likely N-dealkylation sites (tertiary alicyclic amines) is 1. The van der Waals surface area contributed by atoms with Gasteiger partial charge in [0.15, 0.2) is 6.10 Å². The smallest absolute Gasteiger partial charge is 0.481 e. The van der Waals surface area contributed by atoms with Crippen LogP contribution in [0.3, 0.4) is 0 Å². The molecule has 1 aromatic rings. The number of ether oxygens (including phenoxy) is 1. The summed E-state index contributed by atoms with van der Waals surface area (Å²) >= 11 is 0. The van der Waals surface area contributed by atoms with Crippen LogP contribution in [0, 0.1) is 0 Å². The van der Waals surface area contributed by atoms with Gasteiger partial charge in [-0.3, -0.25) is 9.59 Å². The fourth-order valence-corrected chi connectivity index (χ4v) is 3.17. The second-order valence-electron chi connectivity index (χ2n) is 6.13. The predicted octanol–water partition coefficient (Wildman–Crippen LogP) is 0.737. The van der Waals surface area contributed by atoms with E-state index in [2.05, 4.69) is 6.92 Å². The molecule has 1 fully saturated rings. The number of aldehydes is 1. The minimum absolute atomic E-state index is 0.0551. The number of rotatable bonds is 6. The van der Waals surface area contributed by atoms with Gasteiger partial charge in [0.25, 0.3) is 5.91 Å². The van der Waals surface area contributed by atoms with E-state index in [0.29, 0.717) is 12.0 Å². The Morgan fingerprint density at radius 1 is 1.46 bits per heavy atom. The molecule has 0 spiro atoms. The molecular formula is C17H24BNO5. The summed E-state index contributed by atoms with van der Waals surface area (Å²) in [5, 5.41) is 18.4. The van der Waals surface area contributed by atoms with Gasteiger partial charge in [-0.15, -0.1) is 0 Å². The quantitative estimate of drug-likeness (QED) is 0.592. The molecule has 1 aromatic carbocycles. The van der Waals surface area contributed by atoms with E-state index in [1.54, 1.807) is 6.92 Å². The van der Waals surface area contributed by atoms with Gasteiger partial charge in [0.2, 0.25) is 0 Å². The van der Waals surface area contributed by atoms with Gasteiger partial charge in [-0.25, -0.2) is 0 Å². The van der Waals surface area contributed by atoms with Crippen molar-refractivity contribution in [1.29, 1.82) is 0 Å². The number of benzene rings is 1. The van der Waals surface area contributed by atoms with Crippen molar-refractivity contribution in [2.45, 2.75) is 51.7 Å². The van der Waals surface area contributed by atoms with Crippen molar-refractivity contribution in [3.05, 3.63) is 23.8 Å². The molecule has 2 rings (SSSR count). The third kappa shape index (κ3) is 4.16. The van der Waals surface area contributed by atoms with Crippen molar-refractivity contribution < 1.29 is 24.4 Å². The maximum absolute atomic E-state index is 12.7. The molecule has 24 heavy (non-hydrogen) atoms. The highest BCUT2D eigenvalue weighted by atomic mass is 16.5. The molecule has 1 aliphatic heterocycles. The molecule has 0 bridgehead atoms. The van der Waals surface area contributed by atoms with Crippen molar-refractivity contribution in [3.8, 4) is 5.75 Å². The van der Waals surface area contributed by atoms with Gasteiger partial charge >= 0.3 is 7.12 Å². The molecule has 2 N–H and O–H groups in total. The Labute approximate surface area is 142 Å². The van der Waals surface area contributed by atoms with Crippen molar-refractivity contribution in [1.82, 2.24) is 4.90 Å². The van der Waals surface area contributed by atoms with Crippen LogP contribution in [0.15, 0.2) is 18.2 Å².